The van der Waals surface area contributed by atoms with Crippen molar-refractivity contribution in [2.75, 3.05) is 30.9 Å². The molecule has 0 spiro atoms. The molecule has 0 unspecified atom stereocenters. The van der Waals surface area contributed by atoms with E-state index in [1.807, 2.05) is 0 Å². The molecule has 3 aromatic rings. The van der Waals surface area contributed by atoms with Crippen molar-refractivity contribution in [3.63, 3.8) is 0 Å². The summed E-state index contributed by atoms with van der Waals surface area (Å²) in [6.45, 7) is 1.21. The fourth-order valence-corrected chi connectivity index (χ4v) is 3.92. The Hall–Kier alpha value is -4.19. The van der Waals surface area contributed by atoms with Gasteiger partial charge in [0.15, 0.2) is 11.5 Å². The van der Waals surface area contributed by atoms with Gasteiger partial charge in [-0.3, -0.25) is 10.1 Å². The average molecular weight is 491 g/mol. The predicted octanol–water partition coefficient (Wildman–Crippen LogP) is 3.14. The number of ether oxygens (including phenoxy) is 2. The molecule has 1 aliphatic carbocycles. The van der Waals surface area contributed by atoms with Gasteiger partial charge in [-0.2, -0.15) is 0 Å². The van der Waals surface area contributed by atoms with Gasteiger partial charge in [0.2, 0.25) is 0 Å². The fraction of sp³-hybridized carbons (Fsp3) is 0.375. The molecule has 0 bridgehead atoms. The van der Waals surface area contributed by atoms with Crippen LogP contribution in [0.4, 0.5) is 22.0 Å². The highest BCUT2D eigenvalue weighted by atomic mass is 16.6. The van der Waals surface area contributed by atoms with E-state index in [2.05, 4.69) is 35.6 Å². The molecule has 36 heavy (non-hydrogen) atoms. The standard InChI is InChI=1S/C24H26N8O4/c1-32(17-6-9-35-10-7-17)23(33)20-18(3-2-8-27-20)31-24(34)36-22-21(29-16-11-25-14-26-12-16)28-13-19(30-22)15-4-5-15/h2-3,8,11-15,17H,4-7,9-10H2,1H3,(H,28,29)(H,31,34). The minimum atomic E-state index is -0.819. The molecule has 5 rings (SSSR count). The van der Waals surface area contributed by atoms with Crippen molar-refractivity contribution in [3.8, 4) is 5.88 Å². The Morgan fingerprint density at radius 1 is 1.08 bits per heavy atom. The van der Waals surface area contributed by atoms with Crippen LogP contribution in [0.3, 0.4) is 0 Å². The molecule has 2 fully saturated rings. The number of hydrogen-bond donors (Lipinski definition) is 2. The minimum absolute atomic E-state index is 0.0110. The summed E-state index contributed by atoms with van der Waals surface area (Å²) in [5.74, 6) is 0.267. The maximum absolute atomic E-state index is 13.2. The van der Waals surface area contributed by atoms with Crippen LogP contribution in [0, 0.1) is 0 Å². The number of nitrogens with one attached hydrogen (secondary N) is 2. The van der Waals surface area contributed by atoms with Crippen LogP contribution >= 0.6 is 0 Å². The van der Waals surface area contributed by atoms with E-state index >= 15 is 0 Å². The van der Waals surface area contributed by atoms with E-state index in [1.165, 1.54) is 12.5 Å². The van der Waals surface area contributed by atoms with E-state index in [0.717, 1.165) is 31.4 Å². The second-order valence-corrected chi connectivity index (χ2v) is 8.65. The summed E-state index contributed by atoms with van der Waals surface area (Å²) in [6, 6.07) is 3.28. The Morgan fingerprint density at radius 3 is 2.61 bits per heavy atom. The summed E-state index contributed by atoms with van der Waals surface area (Å²) in [4.78, 5) is 48.8. The zero-order valence-electron chi connectivity index (χ0n) is 19.8. The number of carbonyl (C=O) groups is 2. The highest BCUT2D eigenvalue weighted by Gasteiger charge is 2.28. The van der Waals surface area contributed by atoms with Crippen LogP contribution in [-0.2, 0) is 4.74 Å². The number of anilines is 3. The number of aromatic nitrogens is 5. The van der Waals surface area contributed by atoms with Crippen LogP contribution in [0.2, 0.25) is 0 Å². The van der Waals surface area contributed by atoms with Crippen LogP contribution in [-0.4, -0.2) is 68.1 Å². The van der Waals surface area contributed by atoms with Crippen molar-refractivity contribution in [1.29, 1.82) is 0 Å². The zero-order chi connectivity index (χ0) is 24.9. The van der Waals surface area contributed by atoms with Gasteiger partial charge in [0.1, 0.15) is 6.33 Å². The van der Waals surface area contributed by atoms with Gasteiger partial charge in [0.25, 0.3) is 11.8 Å². The number of pyridine rings is 1. The predicted molar refractivity (Wildman–Crippen MR) is 129 cm³/mol. The third kappa shape index (κ3) is 5.54. The molecule has 4 heterocycles. The topological polar surface area (TPSA) is 144 Å². The first kappa shape index (κ1) is 23.5. The Labute approximate surface area is 207 Å². The second kappa shape index (κ2) is 10.6. The van der Waals surface area contributed by atoms with Gasteiger partial charge in [-0.05, 0) is 37.8 Å². The summed E-state index contributed by atoms with van der Waals surface area (Å²) in [7, 11) is 1.74. The highest BCUT2D eigenvalue weighted by molar-refractivity contribution is 6.01. The fourth-order valence-electron chi connectivity index (χ4n) is 3.92. The van der Waals surface area contributed by atoms with Crippen molar-refractivity contribution >= 4 is 29.2 Å². The molecule has 0 aromatic carbocycles. The Balaban J connectivity index is 1.33. The molecule has 2 N–H and O–H groups in total. The first-order chi connectivity index (χ1) is 17.6. The Morgan fingerprint density at radius 2 is 1.86 bits per heavy atom. The minimum Gasteiger partial charge on any atom is -0.387 e. The summed E-state index contributed by atoms with van der Waals surface area (Å²) in [5.41, 5.74) is 1.68. The van der Waals surface area contributed by atoms with E-state index in [-0.39, 0.29) is 35.0 Å². The van der Waals surface area contributed by atoms with Crippen LogP contribution in [0.25, 0.3) is 0 Å². The molecule has 2 amide bonds. The third-order valence-corrected chi connectivity index (χ3v) is 6.07. The van der Waals surface area contributed by atoms with Gasteiger partial charge >= 0.3 is 6.09 Å². The van der Waals surface area contributed by atoms with E-state index in [9.17, 15) is 9.59 Å². The first-order valence-electron chi connectivity index (χ1n) is 11.8. The number of rotatable bonds is 7. The average Bonchev–Trinajstić information content (AvgIpc) is 3.76. The Bertz CT molecular complexity index is 1230. The van der Waals surface area contributed by atoms with Crippen LogP contribution in [0.5, 0.6) is 5.88 Å². The van der Waals surface area contributed by atoms with Gasteiger partial charge in [-0.15, -0.1) is 0 Å². The number of hydrogen-bond acceptors (Lipinski definition) is 10. The summed E-state index contributed by atoms with van der Waals surface area (Å²) in [6.07, 6.45) is 10.4. The van der Waals surface area contributed by atoms with Crippen molar-refractivity contribution in [2.45, 2.75) is 37.6 Å². The molecule has 1 saturated carbocycles. The second-order valence-electron chi connectivity index (χ2n) is 8.65. The lowest BCUT2D eigenvalue weighted by Gasteiger charge is -2.31. The van der Waals surface area contributed by atoms with Gasteiger partial charge in [0.05, 0.1) is 35.7 Å². The van der Waals surface area contributed by atoms with Crippen molar-refractivity contribution in [1.82, 2.24) is 29.8 Å². The van der Waals surface area contributed by atoms with Gasteiger partial charge < -0.3 is 19.7 Å². The van der Waals surface area contributed by atoms with E-state index in [0.29, 0.717) is 24.8 Å². The molecule has 2 aliphatic rings. The number of amides is 2. The monoisotopic (exact) mass is 490 g/mol. The highest BCUT2D eigenvalue weighted by Crippen LogP contribution is 2.40. The maximum Gasteiger partial charge on any atom is 0.418 e. The zero-order valence-corrected chi connectivity index (χ0v) is 19.8. The lowest BCUT2D eigenvalue weighted by Crippen LogP contribution is -2.41. The first-order valence-corrected chi connectivity index (χ1v) is 11.8. The normalized spacial score (nSPS) is 15.7. The number of carbonyl (C=O) groups excluding carboxylic acids is 2. The quantitative estimate of drug-likeness (QED) is 0.507. The van der Waals surface area contributed by atoms with Crippen molar-refractivity contribution in [2.24, 2.45) is 0 Å². The number of nitrogens with zero attached hydrogens (tertiary/aromatic N) is 6. The molecule has 0 radical (unpaired) electrons. The molecule has 12 nitrogen and oxygen atoms in total. The van der Waals surface area contributed by atoms with E-state index in [1.54, 1.807) is 42.7 Å². The molecule has 0 atom stereocenters. The Kier molecular flexibility index (Phi) is 6.94. The molecular weight excluding hydrogens is 464 g/mol. The molecular formula is C24H26N8O4. The smallest absolute Gasteiger partial charge is 0.387 e. The summed E-state index contributed by atoms with van der Waals surface area (Å²) < 4.78 is 10.9. The van der Waals surface area contributed by atoms with Crippen LogP contribution < -0.4 is 15.4 Å². The van der Waals surface area contributed by atoms with Crippen molar-refractivity contribution in [3.05, 3.63) is 54.6 Å². The lowest BCUT2D eigenvalue weighted by atomic mass is 10.1. The molecule has 3 aromatic heterocycles. The maximum atomic E-state index is 13.2. The van der Waals surface area contributed by atoms with Crippen LogP contribution in [0.1, 0.15) is 47.8 Å². The third-order valence-electron chi connectivity index (χ3n) is 6.07. The lowest BCUT2D eigenvalue weighted by molar-refractivity contribution is 0.0359. The van der Waals surface area contributed by atoms with E-state index < -0.39 is 6.09 Å². The molecule has 186 valence electrons. The van der Waals surface area contributed by atoms with E-state index in [4.69, 9.17) is 9.47 Å². The van der Waals surface area contributed by atoms with Crippen LogP contribution in [0.15, 0.2) is 43.2 Å². The molecule has 1 aliphatic heterocycles. The largest absolute Gasteiger partial charge is 0.418 e. The summed E-state index contributed by atoms with van der Waals surface area (Å²) in [5, 5.41) is 5.66. The summed E-state index contributed by atoms with van der Waals surface area (Å²) >= 11 is 0. The molecule has 12 heteroatoms. The van der Waals surface area contributed by atoms with Crippen molar-refractivity contribution < 1.29 is 19.1 Å². The molecule has 1 saturated heterocycles. The van der Waals surface area contributed by atoms with Gasteiger partial charge in [-0.25, -0.2) is 29.7 Å². The van der Waals surface area contributed by atoms with Gasteiger partial charge in [0, 0.05) is 38.4 Å². The SMILES string of the molecule is CN(C(=O)c1ncccc1NC(=O)Oc1nc(C2CC2)cnc1Nc1cncnc1)C1CCOCC1. The van der Waals surface area contributed by atoms with Gasteiger partial charge in [-0.1, -0.05) is 0 Å².